The zero-order valence-corrected chi connectivity index (χ0v) is 21.2. The molecule has 0 spiro atoms. The SMILES string of the molecule is CCS[C@H]1C[C@@H](OC(=O)c2ccccc2)[C@H](OC(=O)c2ccccc2)[C@@H](COC(=O)c2ccccc2)O1. The summed E-state index contributed by atoms with van der Waals surface area (Å²) >= 11 is 1.54. The molecule has 1 aliphatic rings. The third kappa shape index (κ3) is 7.21. The largest absolute Gasteiger partial charge is 0.459 e. The summed E-state index contributed by atoms with van der Waals surface area (Å²) < 4.78 is 23.5. The van der Waals surface area contributed by atoms with E-state index in [0.717, 1.165) is 5.75 Å². The molecule has 1 aliphatic heterocycles. The second-order valence-corrected chi connectivity index (χ2v) is 9.74. The molecule has 0 saturated carbocycles. The average Bonchev–Trinajstić information content (AvgIpc) is 2.94. The van der Waals surface area contributed by atoms with E-state index in [1.807, 2.05) is 6.92 Å². The highest BCUT2D eigenvalue weighted by atomic mass is 32.2. The second-order valence-electron chi connectivity index (χ2n) is 8.31. The van der Waals surface area contributed by atoms with Crippen LogP contribution in [0, 0.1) is 0 Å². The molecule has 0 N–H and O–H groups in total. The lowest BCUT2D eigenvalue weighted by Crippen LogP contribution is -2.53. The Balaban J connectivity index is 1.57. The molecule has 8 heteroatoms. The minimum atomic E-state index is -0.988. The van der Waals surface area contributed by atoms with Gasteiger partial charge in [-0.2, -0.15) is 0 Å². The first-order valence-corrected chi connectivity index (χ1v) is 13.1. The fraction of sp³-hybridized carbons (Fsp3) is 0.276. The maximum absolute atomic E-state index is 13.0. The van der Waals surface area contributed by atoms with Crippen LogP contribution >= 0.6 is 11.8 Å². The monoisotopic (exact) mass is 520 g/mol. The lowest BCUT2D eigenvalue weighted by atomic mass is 10.0. The van der Waals surface area contributed by atoms with Gasteiger partial charge in [-0.25, -0.2) is 14.4 Å². The third-order valence-electron chi connectivity index (χ3n) is 5.75. The van der Waals surface area contributed by atoms with E-state index in [-0.39, 0.29) is 12.0 Å². The second kappa shape index (κ2) is 13.1. The van der Waals surface area contributed by atoms with Crippen molar-refractivity contribution in [2.45, 2.75) is 37.1 Å². The number of carbonyl (C=O) groups is 3. The molecule has 37 heavy (non-hydrogen) atoms. The van der Waals surface area contributed by atoms with Gasteiger partial charge in [0.15, 0.2) is 6.10 Å². The van der Waals surface area contributed by atoms with Gasteiger partial charge in [-0.1, -0.05) is 61.5 Å². The summed E-state index contributed by atoms with van der Waals surface area (Å²) in [6.45, 7) is 1.81. The van der Waals surface area contributed by atoms with Crippen molar-refractivity contribution in [2.24, 2.45) is 0 Å². The first-order chi connectivity index (χ1) is 18.0. The van der Waals surface area contributed by atoms with Crippen LogP contribution in [0.5, 0.6) is 0 Å². The van der Waals surface area contributed by atoms with Crippen molar-refractivity contribution in [1.82, 2.24) is 0 Å². The molecule has 0 amide bonds. The summed E-state index contributed by atoms with van der Waals surface area (Å²) in [5.41, 5.74) is 0.781. The summed E-state index contributed by atoms with van der Waals surface area (Å²) in [6, 6.07) is 25.7. The number of thioether (sulfide) groups is 1. The van der Waals surface area contributed by atoms with Crippen molar-refractivity contribution in [3.05, 3.63) is 108 Å². The fourth-order valence-corrected chi connectivity index (χ4v) is 4.87. The van der Waals surface area contributed by atoms with Gasteiger partial charge >= 0.3 is 17.9 Å². The Morgan fingerprint density at radius 1 is 0.757 bits per heavy atom. The van der Waals surface area contributed by atoms with Crippen LogP contribution in [-0.2, 0) is 18.9 Å². The van der Waals surface area contributed by atoms with Gasteiger partial charge in [0, 0.05) is 6.42 Å². The van der Waals surface area contributed by atoms with Gasteiger partial charge in [0.2, 0.25) is 0 Å². The zero-order valence-electron chi connectivity index (χ0n) is 20.4. The van der Waals surface area contributed by atoms with E-state index in [1.165, 1.54) is 11.8 Å². The highest BCUT2D eigenvalue weighted by molar-refractivity contribution is 7.99. The summed E-state index contributed by atoms with van der Waals surface area (Å²) in [6.07, 6.45) is -2.32. The van der Waals surface area contributed by atoms with Gasteiger partial charge < -0.3 is 18.9 Å². The topological polar surface area (TPSA) is 88.1 Å². The summed E-state index contributed by atoms with van der Waals surface area (Å²) in [5.74, 6) is -0.889. The molecule has 3 aromatic rings. The molecule has 1 heterocycles. The first kappa shape index (κ1) is 26.4. The number of carbonyl (C=O) groups excluding carboxylic acids is 3. The van der Waals surface area contributed by atoms with Crippen molar-refractivity contribution in [2.75, 3.05) is 12.4 Å². The molecule has 0 radical (unpaired) electrons. The molecule has 1 fully saturated rings. The number of rotatable bonds is 9. The van der Waals surface area contributed by atoms with Gasteiger partial charge in [-0.05, 0) is 42.2 Å². The Hall–Kier alpha value is -3.62. The third-order valence-corrected chi connectivity index (χ3v) is 6.75. The smallest absolute Gasteiger partial charge is 0.338 e. The van der Waals surface area contributed by atoms with Crippen LogP contribution in [0.15, 0.2) is 91.0 Å². The average molecular weight is 521 g/mol. The highest BCUT2D eigenvalue weighted by Crippen LogP contribution is 2.32. The quantitative estimate of drug-likeness (QED) is 0.282. The Bertz CT molecular complexity index is 1170. The van der Waals surface area contributed by atoms with Crippen molar-refractivity contribution < 1.29 is 33.3 Å². The zero-order chi connectivity index (χ0) is 26.0. The minimum absolute atomic E-state index is 0.180. The van der Waals surface area contributed by atoms with E-state index < -0.39 is 36.2 Å². The van der Waals surface area contributed by atoms with E-state index in [2.05, 4.69) is 0 Å². The van der Waals surface area contributed by atoms with Gasteiger partial charge in [0.25, 0.3) is 0 Å². The minimum Gasteiger partial charge on any atom is -0.459 e. The van der Waals surface area contributed by atoms with Gasteiger partial charge in [0.1, 0.15) is 24.3 Å². The van der Waals surface area contributed by atoms with Crippen LogP contribution < -0.4 is 0 Å². The van der Waals surface area contributed by atoms with Crippen LogP contribution in [-0.4, -0.2) is 54.0 Å². The number of esters is 3. The highest BCUT2D eigenvalue weighted by Gasteiger charge is 2.44. The molecule has 4 rings (SSSR count). The molecule has 1 saturated heterocycles. The molecule has 0 aliphatic carbocycles. The normalized spacial score (nSPS) is 21.0. The maximum Gasteiger partial charge on any atom is 0.338 e. The molecule has 4 atom stereocenters. The van der Waals surface area contributed by atoms with Crippen LogP contribution in [0.3, 0.4) is 0 Å². The molecule has 0 aromatic heterocycles. The predicted octanol–water partition coefficient (Wildman–Crippen LogP) is 5.16. The van der Waals surface area contributed by atoms with Crippen molar-refractivity contribution in [1.29, 1.82) is 0 Å². The molecule has 0 unspecified atom stereocenters. The summed E-state index contributed by atoms with van der Waals surface area (Å²) in [7, 11) is 0. The van der Waals surface area contributed by atoms with E-state index in [1.54, 1.807) is 91.0 Å². The van der Waals surface area contributed by atoms with Gasteiger partial charge in [-0.15, -0.1) is 11.8 Å². The van der Waals surface area contributed by atoms with Crippen molar-refractivity contribution in [3.63, 3.8) is 0 Å². The van der Waals surface area contributed by atoms with Gasteiger partial charge in [-0.3, -0.25) is 0 Å². The van der Waals surface area contributed by atoms with E-state index in [0.29, 0.717) is 23.1 Å². The first-order valence-electron chi connectivity index (χ1n) is 12.1. The van der Waals surface area contributed by atoms with Gasteiger partial charge in [0.05, 0.1) is 16.7 Å². The molecule has 0 bridgehead atoms. The number of ether oxygens (including phenoxy) is 4. The Morgan fingerprint density at radius 2 is 1.24 bits per heavy atom. The van der Waals surface area contributed by atoms with Crippen LogP contribution in [0.1, 0.15) is 44.4 Å². The van der Waals surface area contributed by atoms with Crippen molar-refractivity contribution in [3.8, 4) is 0 Å². The Labute approximate surface area is 220 Å². The standard InChI is InChI=1S/C29H28O7S/c1-2-37-25-18-23(35-28(31)21-14-8-4-9-15-21)26(36-29(32)22-16-10-5-11-17-22)24(34-25)19-33-27(30)20-12-6-3-7-13-20/h3-17,23-26H,2,18-19H2,1H3/t23-,24-,25+,26+/m1/s1. The summed E-state index contributed by atoms with van der Waals surface area (Å²) in [4.78, 5) is 38.5. The summed E-state index contributed by atoms with van der Waals surface area (Å²) in [5, 5.41) is 0. The lowest BCUT2D eigenvalue weighted by Gasteiger charge is -2.40. The van der Waals surface area contributed by atoms with E-state index in [9.17, 15) is 14.4 Å². The number of hydrogen-bond donors (Lipinski definition) is 0. The van der Waals surface area contributed by atoms with Crippen molar-refractivity contribution >= 4 is 29.7 Å². The van der Waals surface area contributed by atoms with Crippen LogP contribution in [0.2, 0.25) is 0 Å². The Morgan fingerprint density at radius 3 is 1.76 bits per heavy atom. The fourth-order valence-electron chi connectivity index (χ4n) is 3.95. The molecular weight excluding hydrogens is 492 g/mol. The molecular formula is C29H28O7S. The Kier molecular flexibility index (Phi) is 9.35. The molecule has 192 valence electrons. The van der Waals surface area contributed by atoms with Crippen LogP contribution in [0.4, 0.5) is 0 Å². The predicted molar refractivity (Wildman–Crippen MR) is 139 cm³/mol. The van der Waals surface area contributed by atoms with E-state index >= 15 is 0 Å². The number of benzene rings is 3. The molecule has 7 nitrogen and oxygen atoms in total. The molecule has 3 aromatic carbocycles. The maximum atomic E-state index is 13.0. The van der Waals surface area contributed by atoms with Crippen LogP contribution in [0.25, 0.3) is 0 Å². The van der Waals surface area contributed by atoms with E-state index in [4.69, 9.17) is 18.9 Å². The lowest BCUT2D eigenvalue weighted by molar-refractivity contribution is -0.162. The number of hydrogen-bond acceptors (Lipinski definition) is 8.